The highest BCUT2D eigenvalue weighted by Gasteiger charge is 2.24. The first kappa shape index (κ1) is 18.6. The van der Waals surface area contributed by atoms with E-state index in [-0.39, 0.29) is 18.0 Å². The van der Waals surface area contributed by atoms with Crippen molar-refractivity contribution in [1.29, 1.82) is 0 Å². The third kappa shape index (κ3) is 4.39. The molecule has 1 aromatic heterocycles. The smallest absolute Gasteiger partial charge is 0.363 e. The van der Waals surface area contributed by atoms with Crippen molar-refractivity contribution in [2.45, 2.75) is 6.61 Å². The number of cyclic esters (lactones) is 1. The molecule has 0 fully saturated rings. The summed E-state index contributed by atoms with van der Waals surface area (Å²) >= 11 is 1.45. The van der Waals surface area contributed by atoms with E-state index in [1.165, 1.54) is 23.5 Å². The van der Waals surface area contributed by atoms with E-state index in [1.54, 1.807) is 42.5 Å². The van der Waals surface area contributed by atoms with Crippen LogP contribution in [0.4, 0.5) is 5.69 Å². The van der Waals surface area contributed by atoms with Crippen LogP contribution >= 0.6 is 11.3 Å². The van der Waals surface area contributed by atoms with E-state index in [2.05, 4.69) is 4.99 Å². The minimum atomic E-state index is -0.487. The summed E-state index contributed by atoms with van der Waals surface area (Å²) in [6.07, 6.45) is 1.65. The van der Waals surface area contributed by atoms with Crippen molar-refractivity contribution in [2.24, 2.45) is 4.99 Å². The van der Waals surface area contributed by atoms with Crippen LogP contribution in [0.1, 0.15) is 16.0 Å². The number of nitro benzene ring substituents is 1. The Balaban J connectivity index is 1.43. The third-order valence-corrected chi connectivity index (χ3v) is 4.92. The molecule has 0 bridgehead atoms. The molecule has 2 aromatic carbocycles. The molecule has 0 radical (unpaired) electrons. The van der Waals surface area contributed by atoms with Crippen LogP contribution in [0.3, 0.4) is 0 Å². The van der Waals surface area contributed by atoms with Crippen molar-refractivity contribution in [3.05, 3.63) is 97.9 Å². The number of nitro groups is 1. The molecule has 0 spiro atoms. The fourth-order valence-electron chi connectivity index (χ4n) is 2.66. The van der Waals surface area contributed by atoms with Gasteiger partial charge in [-0.2, -0.15) is 0 Å². The number of carbonyl (C=O) groups is 1. The minimum absolute atomic E-state index is 0.0268. The van der Waals surface area contributed by atoms with Gasteiger partial charge in [0.2, 0.25) is 5.90 Å². The van der Waals surface area contributed by atoms with Crippen LogP contribution in [0.5, 0.6) is 5.75 Å². The molecule has 4 rings (SSSR count). The molecule has 8 heteroatoms. The topological polar surface area (TPSA) is 91.0 Å². The molecule has 0 amide bonds. The van der Waals surface area contributed by atoms with Gasteiger partial charge in [-0.25, -0.2) is 9.79 Å². The predicted octanol–water partition coefficient (Wildman–Crippen LogP) is 4.58. The molecule has 144 valence electrons. The second-order valence-corrected chi connectivity index (χ2v) is 7.05. The molecular formula is C21H14N2O5S. The summed E-state index contributed by atoms with van der Waals surface area (Å²) in [5, 5.41) is 12.7. The maximum absolute atomic E-state index is 12.0. The van der Waals surface area contributed by atoms with Gasteiger partial charge in [0.25, 0.3) is 5.69 Å². The van der Waals surface area contributed by atoms with Gasteiger partial charge in [0, 0.05) is 12.1 Å². The maximum atomic E-state index is 12.0. The molecule has 1 aliphatic rings. The zero-order chi connectivity index (χ0) is 20.2. The van der Waals surface area contributed by atoms with Gasteiger partial charge in [-0.3, -0.25) is 10.1 Å². The lowest BCUT2D eigenvalue weighted by Crippen LogP contribution is -2.03. The number of hydrogen-bond donors (Lipinski definition) is 0. The summed E-state index contributed by atoms with van der Waals surface area (Å²) in [6.45, 7) is 0.211. The van der Waals surface area contributed by atoms with E-state index in [0.717, 1.165) is 10.4 Å². The fraction of sp³-hybridized carbons (Fsp3) is 0.0476. The van der Waals surface area contributed by atoms with Crippen molar-refractivity contribution >= 4 is 35.0 Å². The SMILES string of the molecule is O=C1OC(c2cccs2)=N/C1=C\c1ccc(OCc2cccc([N+](=O)[O-])c2)cc1. The highest BCUT2D eigenvalue weighted by Crippen LogP contribution is 2.23. The van der Waals surface area contributed by atoms with Crippen LogP contribution in [0, 0.1) is 10.1 Å². The van der Waals surface area contributed by atoms with Crippen molar-refractivity contribution in [3.63, 3.8) is 0 Å². The zero-order valence-corrected chi connectivity index (χ0v) is 15.8. The first-order chi connectivity index (χ1) is 14.1. The lowest BCUT2D eigenvalue weighted by molar-refractivity contribution is -0.384. The van der Waals surface area contributed by atoms with Crippen LogP contribution in [-0.2, 0) is 16.1 Å². The van der Waals surface area contributed by atoms with E-state index < -0.39 is 10.9 Å². The highest BCUT2D eigenvalue weighted by atomic mass is 32.1. The first-order valence-electron chi connectivity index (χ1n) is 8.61. The molecule has 0 aliphatic carbocycles. The summed E-state index contributed by atoms with van der Waals surface area (Å²) in [6, 6.07) is 17.1. The fourth-order valence-corrected chi connectivity index (χ4v) is 3.31. The van der Waals surface area contributed by atoms with Crippen molar-refractivity contribution < 1.29 is 19.2 Å². The van der Waals surface area contributed by atoms with Gasteiger partial charge < -0.3 is 9.47 Å². The molecule has 3 aromatic rings. The van der Waals surface area contributed by atoms with Crippen LogP contribution in [0.15, 0.2) is 76.7 Å². The standard InChI is InChI=1S/C21H14N2O5S/c24-21-18(22-20(28-21)19-5-2-10-29-19)12-14-6-8-17(9-7-14)27-13-15-3-1-4-16(11-15)23(25)26/h1-12H,13H2/b18-12-. The van der Waals surface area contributed by atoms with Crippen molar-refractivity contribution in [2.75, 3.05) is 0 Å². The Morgan fingerprint density at radius 1 is 1.14 bits per heavy atom. The van der Waals surface area contributed by atoms with E-state index in [9.17, 15) is 14.9 Å². The summed E-state index contributed by atoms with van der Waals surface area (Å²) in [4.78, 5) is 27.5. The summed E-state index contributed by atoms with van der Waals surface area (Å²) < 4.78 is 10.9. The molecule has 0 unspecified atom stereocenters. The van der Waals surface area contributed by atoms with Gasteiger partial charge in [-0.05, 0) is 40.8 Å². The Bertz CT molecular complexity index is 1120. The number of esters is 1. The van der Waals surface area contributed by atoms with Gasteiger partial charge in [-0.15, -0.1) is 11.3 Å². The molecule has 7 nitrogen and oxygen atoms in total. The van der Waals surface area contributed by atoms with Crippen molar-refractivity contribution in [1.82, 2.24) is 0 Å². The number of benzene rings is 2. The van der Waals surface area contributed by atoms with Crippen molar-refractivity contribution in [3.8, 4) is 5.75 Å². The number of carbonyl (C=O) groups excluding carboxylic acids is 1. The van der Waals surface area contributed by atoms with Crippen LogP contribution < -0.4 is 4.74 Å². The molecule has 29 heavy (non-hydrogen) atoms. The van der Waals surface area contributed by atoms with E-state index in [1.807, 2.05) is 17.5 Å². The lowest BCUT2D eigenvalue weighted by Gasteiger charge is -2.06. The van der Waals surface area contributed by atoms with E-state index in [4.69, 9.17) is 9.47 Å². The van der Waals surface area contributed by atoms with Gasteiger partial charge in [0.15, 0.2) is 5.70 Å². The Hall–Kier alpha value is -3.78. The van der Waals surface area contributed by atoms with Gasteiger partial charge >= 0.3 is 5.97 Å². The minimum Gasteiger partial charge on any atom is -0.489 e. The van der Waals surface area contributed by atoms with Crippen LogP contribution in [0.2, 0.25) is 0 Å². The molecule has 0 N–H and O–H groups in total. The molecule has 1 aliphatic heterocycles. The molecule has 0 saturated carbocycles. The maximum Gasteiger partial charge on any atom is 0.363 e. The van der Waals surface area contributed by atoms with E-state index in [0.29, 0.717) is 17.2 Å². The molecule has 2 heterocycles. The Morgan fingerprint density at radius 3 is 2.69 bits per heavy atom. The number of nitrogens with zero attached hydrogens (tertiary/aromatic N) is 2. The average molecular weight is 406 g/mol. The Kier molecular flexibility index (Phi) is 5.17. The molecular weight excluding hydrogens is 392 g/mol. The normalized spacial score (nSPS) is 14.6. The lowest BCUT2D eigenvalue weighted by atomic mass is 10.2. The number of thiophene rings is 1. The first-order valence-corrected chi connectivity index (χ1v) is 9.49. The van der Waals surface area contributed by atoms with E-state index >= 15 is 0 Å². The number of ether oxygens (including phenoxy) is 2. The summed E-state index contributed by atoms with van der Waals surface area (Å²) in [7, 11) is 0. The predicted molar refractivity (Wildman–Crippen MR) is 109 cm³/mol. The average Bonchev–Trinajstić information content (AvgIpc) is 3.38. The van der Waals surface area contributed by atoms with Crippen LogP contribution in [-0.4, -0.2) is 16.8 Å². The van der Waals surface area contributed by atoms with Gasteiger partial charge in [-0.1, -0.05) is 30.3 Å². The number of non-ortho nitro benzene ring substituents is 1. The van der Waals surface area contributed by atoms with Gasteiger partial charge in [0.05, 0.1) is 9.80 Å². The quantitative estimate of drug-likeness (QED) is 0.259. The number of hydrogen-bond acceptors (Lipinski definition) is 7. The largest absolute Gasteiger partial charge is 0.489 e. The second kappa shape index (κ2) is 8.07. The molecule has 0 saturated heterocycles. The number of aliphatic imine (C=N–C) groups is 1. The van der Waals surface area contributed by atoms with Crippen LogP contribution in [0.25, 0.3) is 6.08 Å². The molecule has 0 atom stereocenters. The summed E-state index contributed by atoms with van der Waals surface area (Å²) in [5.74, 6) is 0.433. The third-order valence-electron chi connectivity index (χ3n) is 4.06. The Labute approximate surface area is 169 Å². The zero-order valence-electron chi connectivity index (χ0n) is 15.0. The monoisotopic (exact) mass is 406 g/mol. The van der Waals surface area contributed by atoms with Gasteiger partial charge in [0.1, 0.15) is 12.4 Å². The number of rotatable bonds is 6. The highest BCUT2D eigenvalue weighted by molar-refractivity contribution is 7.12. The second-order valence-electron chi connectivity index (χ2n) is 6.10. The summed E-state index contributed by atoms with van der Waals surface area (Å²) in [5.41, 5.74) is 1.74. The Morgan fingerprint density at radius 2 is 1.97 bits per heavy atom.